The Morgan fingerprint density at radius 3 is 2.44 bits per heavy atom. The number of fused-ring (bicyclic) bond motifs is 1. The van der Waals surface area contributed by atoms with Crippen LogP contribution in [0.1, 0.15) is 76.4 Å². The number of hydrogen-bond donors (Lipinski definition) is 4. The summed E-state index contributed by atoms with van der Waals surface area (Å²) in [5.74, 6) is -1.84. The Kier molecular flexibility index (Phi) is 11.8. The average Bonchev–Trinajstić information content (AvgIpc) is 2.88. The second-order valence-electron chi connectivity index (χ2n) is 10.2. The Hall–Kier alpha value is -3.11. The lowest BCUT2D eigenvalue weighted by atomic mass is 9.72. The maximum atomic E-state index is 13.3. The van der Waals surface area contributed by atoms with Crippen molar-refractivity contribution < 1.29 is 47.9 Å². The summed E-state index contributed by atoms with van der Waals surface area (Å²) in [5, 5.41) is 40.7. The van der Waals surface area contributed by atoms with Gasteiger partial charge >= 0.3 is 0 Å². The van der Waals surface area contributed by atoms with Crippen molar-refractivity contribution in [3.63, 3.8) is 0 Å². The predicted molar refractivity (Wildman–Crippen MR) is 150 cm³/mol. The van der Waals surface area contributed by atoms with Crippen LogP contribution >= 0.6 is 0 Å². The number of ether oxygens (including phenoxy) is 1. The van der Waals surface area contributed by atoms with Crippen LogP contribution in [-0.2, 0) is 16.0 Å². The molecule has 0 heterocycles. The van der Waals surface area contributed by atoms with Gasteiger partial charge in [-0.25, -0.2) is 0 Å². The van der Waals surface area contributed by atoms with E-state index in [0.29, 0.717) is 47.3 Å². The minimum absolute atomic E-state index is 0. The normalized spacial score (nSPS) is 17.0. The van der Waals surface area contributed by atoms with Crippen LogP contribution in [0.25, 0.3) is 11.1 Å². The largest absolute Gasteiger partial charge is 0.507 e. The highest BCUT2D eigenvalue weighted by atomic mass is 16.5. The van der Waals surface area contributed by atoms with Gasteiger partial charge in [-0.3, -0.25) is 14.4 Å². The summed E-state index contributed by atoms with van der Waals surface area (Å²) in [4.78, 5) is 37.5. The molecule has 3 rings (SSSR count). The first kappa shape index (κ1) is 32.1. The fourth-order valence-corrected chi connectivity index (χ4v) is 5.65. The van der Waals surface area contributed by atoms with Crippen LogP contribution in [0, 0.1) is 17.8 Å². The first-order valence-electron chi connectivity index (χ1n) is 13.1. The number of ketones is 3. The molecule has 39 heavy (non-hydrogen) atoms. The lowest BCUT2D eigenvalue weighted by Gasteiger charge is -2.32. The Balaban J connectivity index is 0.00000533. The Morgan fingerprint density at radius 2 is 1.85 bits per heavy atom. The van der Waals surface area contributed by atoms with E-state index in [1.807, 2.05) is 13.0 Å². The lowest BCUT2D eigenvalue weighted by Crippen LogP contribution is -2.32. The highest BCUT2D eigenvalue weighted by Crippen LogP contribution is 2.43. The van der Waals surface area contributed by atoms with E-state index in [4.69, 9.17) is 4.74 Å². The van der Waals surface area contributed by atoms with Crippen LogP contribution < -0.4 is 4.74 Å². The third-order valence-electron chi connectivity index (χ3n) is 7.56. The van der Waals surface area contributed by atoms with Gasteiger partial charge in [0.2, 0.25) is 0 Å². The monoisotopic (exact) mass is 548 g/mol. The second kappa shape index (κ2) is 14.3. The fraction of sp³-hybridized carbons (Fsp3) is 0.500. The molecule has 2 aromatic rings. The van der Waals surface area contributed by atoms with E-state index in [-0.39, 0.29) is 68.8 Å². The standard InChI is InChI=1S/C30H38O8.H2O.2H2/c1-4-25(34)20-5-8-29(38-3)22(15-20)21-6-7-26(35)30-23(21)13-18(14-28(30)37)12-19(9-10-31)24(16-32)27(36)11-17(2)33;;;/h5-8,15,18-19,24-25,31-32,34-35H,4,9-14,16H2,1-3H3;1H2;2*1H. The predicted octanol–water partition coefficient (Wildman–Crippen LogP) is 3.47. The summed E-state index contributed by atoms with van der Waals surface area (Å²) in [5.41, 5.74) is 3.03. The molecule has 0 saturated heterocycles. The molecule has 218 valence electrons. The van der Waals surface area contributed by atoms with Crippen LogP contribution in [-0.4, -0.2) is 63.6 Å². The van der Waals surface area contributed by atoms with Crippen LogP contribution in [0.15, 0.2) is 30.3 Å². The topological polar surface area (TPSA) is 173 Å². The fourth-order valence-electron chi connectivity index (χ4n) is 5.65. The number of carbonyl (C=O) groups is 3. The summed E-state index contributed by atoms with van der Waals surface area (Å²) >= 11 is 0. The molecule has 0 aromatic heterocycles. The maximum absolute atomic E-state index is 13.3. The number of phenols is 1. The molecule has 4 atom stereocenters. The van der Waals surface area contributed by atoms with Gasteiger partial charge < -0.3 is 30.6 Å². The molecule has 4 unspecified atom stereocenters. The van der Waals surface area contributed by atoms with Crippen molar-refractivity contribution in [3.8, 4) is 22.6 Å². The smallest absolute Gasteiger partial charge is 0.167 e. The first-order chi connectivity index (χ1) is 18.1. The molecule has 0 spiro atoms. The molecule has 0 aliphatic heterocycles. The minimum atomic E-state index is -0.807. The zero-order valence-electron chi connectivity index (χ0n) is 22.8. The molecule has 0 amide bonds. The second-order valence-corrected chi connectivity index (χ2v) is 10.2. The van der Waals surface area contributed by atoms with Crippen LogP contribution in [0.4, 0.5) is 0 Å². The summed E-state index contributed by atoms with van der Waals surface area (Å²) in [6.07, 6.45) is 0.805. The van der Waals surface area contributed by atoms with E-state index < -0.39 is 24.5 Å². The number of aliphatic hydroxyl groups excluding tert-OH is 3. The van der Waals surface area contributed by atoms with Gasteiger partial charge in [-0.1, -0.05) is 19.1 Å². The Labute approximate surface area is 231 Å². The number of hydrogen-bond acceptors (Lipinski definition) is 8. The molecule has 0 fully saturated rings. The van der Waals surface area contributed by atoms with E-state index >= 15 is 0 Å². The van der Waals surface area contributed by atoms with Crippen molar-refractivity contribution in [2.75, 3.05) is 20.3 Å². The van der Waals surface area contributed by atoms with Gasteiger partial charge in [-0.05, 0) is 79.3 Å². The zero-order chi connectivity index (χ0) is 28.0. The number of carbonyl (C=O) groups excluding carboxylic acids is 3. The van der Waals surface area contributed by atoms with Gasteiger partial charge in [0.1, 0.15) is 23.1 Å². The van der Waals surface area contributed by atoms with E-state index in [2.05, 4.69) is 0 Å². The number of benzene rings is 2. The maximum Gasteiger partial charge on any atom is 0.167 e. The van der Waals surface area contributed by atoms with Crippen molar-refractivity contribution in [2.24, 2.45) is 17.8 Å². The van der Waals surface area contributed by atoms with E-state index in [1.54, 1.807) is 25.3 Å². The van der Waals surface area contributed by atoms with Gasteiger partial charge in [-0.15, -0.1) is 0 Å². The lowest BCUT2D eigenvalue weighted by molar-refractivity contribution is -0.131. The quantitative estimate of drug-likeness (QED) is 0.275. The third-order valence-corrected chi connectivity index (χ3v) is 7.56. The molecule has 1 aliphatic carbocycles. The molecule has 0 bridgehead atoms. The molecule has 1 aliphatic rings. The van der Waals surface area contributed by atoms with Gasteiger partial charge in [0.15, 0.2) is 5.78 Å². The van der Waals surface area contributed by atoms with Gasteiger partial charge in [0, 0.05) is 27.4 Å². The molecule has 0 saturated carbocycles. The number of Topliss-reactive ketones (excluding diaryl/α,β-unsaturated/α-hetero) is 3. The van der Waals surface area contributed by atoms with E-state index in [0.717, 1.165) is 0 Å². The van der Waals surface area contributed by atoms with E-state index in [9.17, 15) is 34.8 Å². The van der Waals surface area contributed by atoms with Crippen LogP contribution in [0.5, 0.6) is 11.5 Å². The highest BCUT2D eigenvalue weighted by Gasteiger charge is 2.35. The van der Waals surface area contributed by atoms with Crippen molar-refractivity contribution in [1.29, 1.82) is 0 Å². The number of aromatic hydroxyl groups is 1. The SMILES string of the molecule is CCC(O)c1ccc(OC)c(-c2ccc(O)c3c2CC(CC(CCO)C(CO)C(=O)CC(C)=O)CC3=O)c1.O.[HH].[HH]. The number of methoxy groups -OCH3 is 1. The first-order valence-corrected chi connectivity index (χ1v) is 13.1. The zero-order valence-corrected chi connectivity index (χ0v) is 22.8. The van der Waals surface area contributed by atoms with Crippen LogP contribution in [0.3, 0.4) is 0 Å². The van der Waals surface area contributed by atoms with Crippen molar-refractivity contribution >= 4 is 17.3 Å². The number of phenolic OH excluding ortho intramolecular Hbond substituents is 1. The molecule has 9 nitrogen and oxygen atoms in total. The van der Waals surface area contributed by atoms with Crippen molar-refractivity contribution in [2.45, 2.75) is 58.5 Å². The Morgan fingerprint density at radius 1 is 1.13 bits per heavy atom. The molecule has 6 N–H and O–H groups in total. The average molecular weight is 549 g/mol. The molecule has 0 radical (unpaired) electrons. The molecular weight excluding hydrogens is 504 g/mol. The van der Waals surface area contributed by atoms with Crippen LogP contribution in [0.2, 0.25) is 0 Å². The van der Waals surface area contributed by atoms with E-state index in [1.165, 1.54) is 13.0 Å². The van der Waals surface area contributed by atoms with Crippen molar-refractivity contribution in [1.82, 2.24) is 0 Å². The highest BCUT2D eigenvalue weighted by molar-refractivity contribution is 6.03. The summed E-state index contributed by atoms with van der Waals surface area (Å²) in [6, 6.07) is 8.64. The number of rotatable bonds is 13. The summed E-state index contributed by atoms with van der Waals surface area (Å²) < 4.78 is 5.59. The number of aliphatic hydroxyl groups is 3. The van der Waals surface area contributed by atoms with Crippen molar-refractivity contribution in [3.05, 3.63) is 47.0 Å². The van der Waals surface area contributed by atoms with Gasteiger partial charge in [0.25, 0.3) is 0 Å². The molecular formula is C30H44O9. The minimum Gasteiger partial charge on any atom is -0.507 e. The Bertz CT molecular complexity index is 1180. The molecule has 9 heteroatoms. The summed E-state index contributed by atoms with van der Waals surface area (Å²) in [6.45, 7) is 2.57. The van der Waals surface area contributed by atoms with Gasteiger partial charge in [0.05, 0.1) is 31.8 Å². The third kappa shape index (κ3) is 7.30. The molecule has 2 aromatic carbocycles. The summed E-state index contributed by atoms with van der Waals surface area (Å²) in [7, 11) is 1.54. The van der Waals surface area contributed by atoms with Gasteiger partial charge in [-0.2, -0.15) is 0 Å².